The molecule has 2 unspecified atom stereocenters. The number of rotatable bonds is 5. The second kappa shape index (κ2) is 7.46. The number of aliphatic hydroxyl groups excluding tert-OH is 1. The number of aliphatic hydroxyl groups is 1. The van der Waals surface area contributed by atoms with Crippen molar-refractivity contribution in [1.29, 1.82) is 0 Å². The molecule has 0 fully saturated rings. The molecular weight excluding hydrogens is 264 g/mol. The van der Waals surface area contributed by atoms with Crippen molar-refractivity contribution in [3.8, 4) is 0 Å². The number of anilines is 1. The van der Waals surface area contributed by atoms with E-state index in [2.05, 4.69) is 31.4 Å². The molecule has 4 heteroatoms. The van der Waals surface area contributed by atoms with E-state index in [1.54, 1.807) is 0 Å². The van der Waals surface area contributed by atoms with Crippen LogP contribution in [0, 0.1) is 5.92 Å². The maximum Gasteiger partial charge on any atom is 0.319 e. The molecule has 0 aromatic heterocycles. The second-order valence-corrected chi connectivity index (χ2v) is 6.60. The molecule has 0 heterocycles. The summed E-state index contributed by atoms with van der Waals surface area (Å²) in [6.45, 7) is 10.5. The zero-order chi connectivity index (χ0) is 16.0. The van der Waals surface area contributed by atoms with Crippen LogP contribution in [-0.4, -0.2) is 23.8 Å². The first-order chi connectivity index (χ1) is 9.77. The van der Waals surface area contributed by atoms with Gasteiger partial charge in [0, 0.05) is 18.3 Å². The summed E-state index contributed by atoms with van der Waals surface area (Å²) in [5.41, 5.74) is 2.10. The van der Waals surface area contributed by atoms with Gasteiger partial charge < -0.3 is 15.7 Å². The van der Waals surface area contributed by atoms with E-state index < -0.39 is 0 Å². The molecular formula is C17H28N2O2. The molecule has 0 aliphatic rings. The Labute approximate surface area is 128 Å². The van der Waals surface area contributed by atoms with Crippen molar-refractivity contribution in [2.45, 2.75) is 52.5 Å². The number of hydrogen-bond donors (Lipinski definition) is 3. The summed E-state index contributed by atoms with van der Waals surface area (Å²) in [6.07, 6.45) is 0.790. The SMILES string of the molecule is CCC(NC(=O)Nc1ccc(C(C)(C)C)cc1)C(C)CO. The van der Waals surface area contributed by atoms with Crippen molar-refractivity contribution in [2.24, 2.45) is 5.92 Å². The Hall–Kier alpha value is -1.55. The number of hydrogen-bond acceptors (Lipinski definition) is 2. The van der Waals surface area contributed by atoms with E-state index in [1.165, 1.54) is 5.56 Å². The van der Waals surface area contributed by atoms with Gasteiger partial charge in [-0.05, 0) is 35.4 Å². The van der Waals surface area contributed by atoms with Gasteiger partial charge >= 0.3 is 6.03 Å². The smallest absolute Gasteiger partial charge is 0.319 e. The third-order valence-corrected chi connectivity index (χ3v) is 3.74. The lowest BCUT2D eigenvalue weighted by Gasteiger charge is -2.23. The zero-order valence-corrected chi connectivity index (χ0v) is 13.7. The van der Waals surface area contributed by atoms with Gasteiger partial charge in [-0.1, -0.05) is 46.8 Å². The van der Waals surface area contributed by atoms with Crippen LogP contribution in [0.1, 0.15) is 46.6 Å². The lowest BCUT2D eigenvalue weighted by Crippen LogP contribution is -2.42. The summed E-state index contributed by atoms with van der Waals surface area (Å²) in [4.78, 5) is 12.0. The van der Waals surface area contributed by atoms with Crippen molar-refractivity contribution in [1.82, 2.24) is 5.32 Å². The number of urea groups is 1. The topological polar surface area (TPSA) is 61.4 Å². The lowest BCUT2D eigenvalue weighted by molar-refractivity contribution is 0.197. The maximum atomic E-state index is 12.0. The molecule has 0 bridgehead atoms. The standard InChI is InChI=1S/C17H28N2O2/c1-6-15(12(2)11-20)19-16(21)18-14-9-7-13(8-10-14)17(3,4)5/h7-10,12,15,20H,6,11H2,1-5H3,(H2,18,19,21). The fourth-order valence-corrected chi connectivity index (χ4v) is 2.16. The van der Waals surface area contributed by atoms with Crippen LogP contribution in [-0.2, 0) is 5.41 Å². The number of nitrogens with one attached hydrogen (secondary N) is 2. The summed E-state index contributed by atoms with van der Waals surface area (Å²) in [5.74, 6) is 0.0454. The molecule has 21 heavy (non-hydrogen) atoms. The lowest BCUT2D eigenvalue weighted by atomic mass is 9.87. The second-order valence-electron chi connectivity index (χ2n) is 6.60. The largest absolute Gasteiger partial charge is 0.396 e. The minimum atomic E-state index is -0.231. The minimum absolute atomic E-state index is 0.0242. The molecule has 0 aliphatic heterocycles. The molecule has 1 aromatic rings. The quantitative estimate of drug-likeness (QED) is 0.777. The van der Waals surface area contributed by atoms with Crippen LogP contribution in [0.5, 0.6) is 0 Å². The Bertz CT molecular complexity index is 449. The van der Waals surface area contributed by atoms with Gasteiger partial charge in [-0.25, -0.2) is 4.79 Å². The van der Waals surface area contributed by atoms with E-state index in [0.29, 0.717) is 0 Å². The summed E-state index contributed by atoms with van der Waals surface area (Å²) >= 11 is 0. The first kappa shape index (κ1) is 17.5. The van der Waals surface area contributed by atoms with E-state index in [0.717, 1.165) is 12.1 Å². The van der Waals surface area contributed by atoms with Gasteiger partial charge in [-0.2, -0.15) is 0 Å². The normalized spacial score (nSPS) is 14.4. The molecule has 0 spiro atoms. The van der Waals surface area contributed by atoms with E-state index >= 15 is 0 Å². The number of benzene rings is 1. The van der Waals surface area contributed by atoms with Gasteiger partial charge in [0.05, 0.1) is 0 Å². The summed E-state index contributed by atoms with van der Waals surface area (Å²) in [7, 11) is 0. The molecule has 2 atom stereocenters. The van der Waals surface area contributed by atoms with Crippen molar-refractivity contribution in [3.63, 3.8) is 0 Å². The summed E-state index contributed by atoms with van der Waals surface area (Å²) in [6, 6.07) is 7.63. The monoisotopic (exact) mass is 292 g/mol. The van der Waals surface area contributed by atoms with Gasteiger partial charge in [-0.15, -0.1) is 0 Å². The summed E-state index contributed by atoms with van der Waals surface area (Å²) in [5, 5.41) is 14.9. The first-order valence-corrected chi connectivity index (χ1v) is 7.56. The number of carbonyl (C=O) groups is 1. The highest BCUT2D eigenvalue weighted by Gasteiger charge is 2.17. The third-order valence-electron chi connectivity index (χ3n) is 3.74. The van der Waals surface area contributed by atoms with Crippen LogP contribution in [0.3, 0.4) is 0 Å². The summed E-state index contributed by atoms with van der Waals surface area (Å²) < 4.78 is 0. The van der Waals surface area contributed by atoms with Crippen LogP contribution in [0.15, 0.2) is 24.3 Å². The van der Waals surface area contributed by atoms with Gasteiger partial charge in [-0.3, -0.25) is 0 Å². The van der Waals surface area contributed by atoms with E-state index in [4.69, 9.17) is 0 Å². The highest BCUT2D eigenvalue weighted by atomic mass is 16.3. The van der Waals surface area contributed by atoms with Crippen molar-refractivity contribution < 1.29 is 9.90 Å². The minimum Gasteiger partial charge on any atom is -0.396 e. The van der Waals surface area contributed by atoms with E-state index in [9.17, 15) is 9.90 Å². The van der Waals surface area contributed by atoms with Crippen molar-refractivity contribution in [2.75, 3.05) is 11.9 Å². The number of amides is 2. The molecule has 3 N–H and O–H groups in total. The molecule has 0 radical (unpaired) electrons. The Morgan fingerprint density at radius 2 is 1.81 bits per heavy atom. The van der Waals surface area contributed by atoms with Crippen LogP contribution >= 0.6 is 0 Å². The van der Waals surface area contributed by atoms with Crippen molar-refractivity contribution in [3.05, 3.63) is 29.8 Å². The van der Waals surface area contributed by atoms with Crippen LogP contribution < -0.4 is 10.6 Å². The predicted molar refractivity (Wildman–Crippen MR) is 87.6 cm³/mol. The number of carbonyl (C=O) groups excluding carboxylic acids is 1. The molecule has 0 aliphatic carbocycles. The predicted octanol–water partition coefficient (Wildman–Crippen LogP) is 3.51. The van der Waals surface area contributed by atoms with E-state index in [1.807, 2.05) is 38.1 Å². The molecule has 118 valence electrons. The Balaban J connectivity index is 2.62. The third kappa shape index (κ3) is 5.38. The Morgan fingerprint density at radius 3 is 2.24 bits per heavy atom. The van der Waals surface area contributed by atoms with Gasteiger partial charge in [0.1, 0.15) is 0 Å². The molecule has 4 nitrogen and oxygen atoms in total. The Kier molecular flexibility index (Phi) is 6.21. The van der Waals surface area contributed by atoms with Gasteiger partial charge in [0.15, 0.2) is 0 Å². The molecule has 0 saturated heterocycles. The highest BCUT2D eigenvalue weighted by molar-refractivity contribution is 5.89. The first-order valence-electron chi connectivity index (χ1n) is 7.56. The Morgan fingerprint density at radius 1 is 1.24 bits per heavy atom. The average molecular weight is 292 g/mol. The molecule has 0 saturated carbocycles. The van der Waals surface area contributed by atoms with E-state index in [-0.39, 0.29) is 30.0 Å². The zero-order valence-electron chi connectivity index (χ0n) is 13.7. The fourth-order valence-electron chi connectivity index (χ4n) is 2.16. The van der Waals surface area contributed by atoms with Crippen LogP contribution in [0.2, 0.25) is 0 Å². The highest BCUT2D eigenvalue weighted by Crippen LogP contribution is 2.23. The molecule has 2 amide bonds. The molecule has 1 aromatic carbocycles. The van der Waals surface area contributed by atoms with Gasteiger partial charge in [0.2, 0.25) is 0 Å². The molecule has 1 rings (SSSR count). The van der Waals surface area contributed by atoms with Crippen molar-refractivity contribution >= 4 is 11.7 Å². The maximum absolute atomic E-state index is 12.0. The van der Waals surface area contributed by atoms with Crippen LogP contribution in [0.25, 0.3) is 0 Å². The average Bonchev–Trinajstić information content (AvgIpc) is 2.43. The van der Waals surface area contributed by atoms with Gasteiger partial charge in [0.25, 0.3) is 0 Å². The van der Waals surface area contributed by atoms with Crippen LogP contribution in [0.4, 0.5) is 10.5 Å². The fraction of sp³-hybridized carbons (Fsp3) is 0.588.